The average molecular weight is 371 g/mol. The van der Waals surface area contributed by atoms with Gasteiger partial charge in [0, 0.05) is 10.9 Å². The fourth-order valence-electron chi connectivity index (χ4n) is 3.36. The molecular weight excluding hydrogens is 361 g/mol. The lowest BCUT2D eigenvalue weighted by atomic mass is 10.2. The molecule has 0 bridgehead atoms. The van der Waals surface area contributed by atoms with Crippen molar-refractivity contribution in [2.24, 2.45) is 0 Å². The molecule has 9 heteroatoms. The molecule has 0 aliphatic heterocycles. The first-order chi connectivity index (χ1) is 13.8. The van der Waals surface area contributed by atoms with Crippen LogP contribution in [0.4, 0.5) is 4.39 Å². The van der Waals surface area contributed by atoms with Crippen molar-refractivity contribution in [3.8, 4) is 23.1 Å². The van der Waals surface area contributed by atoms with Gasteiger partial charge in [0.25, 0.3) is 5.89 Å². The molecule has 2 aromatic carbocycles. The predicted molar refractivity (Wildman–Crippen MR) is 97.9 cm³/mol. The summed E-state index contributed by atoms with van der Waals surface area (Å²) in [6.07, 6.45) is 3.46. The van der Waals surface area contributed by atoms with E-state index in [-0.39, 0.29) is 11.7 Å². The molecule has 0 atom stereocenters. The van der Waals surface area contributed by atoms with Gasteiger partial charge in [-0.2, -0.15) is 4.98 Å². The van der Waals surface area contributed by atoms with Crippen LogP contribution in [0.3, 0.4) is 0 Å². The Bertz CT molecular complexity index is 1480. The van der Waals surface area contributed by atoms with Gasteiger partial charge in [0.05, 0.1) is 11.7 Å². The van der Waals surface area contributed by atoms with Gasteiger partial charge in [-0.15, -0.1) is 10.2 Å². The minimum atomic E-state index is -0.328. The van der Waals surface area contributed by atoms with Crippen LogP contribution in [0.2, 0.25) is 0 Å². The Morgan fingerprint density at radius 1 is 0.964 bits per heavy atom. The van der Waals surface area contributed by atoms with Gasteiger partial charge in [0.2, 0.25) is 11.6 Å². The van der Waals surface area contributed by atoms with Crippen molar-refractivity contribution in [3.05, 3.63) is 66.9 Å². The monoisotopic (exact) mass is 371 g/mol. The van der Waals surface area contributed by atoms with Crippen LogP contribution in [0, 0.1) is 5.82 Å². The minimum absolute atomic E-state index is 0.213. The van der Waals surface area contributed by atoms with Gasteiger partial charge in [-0.05, 0) is 36.4 Å². The average Bonchev–Trinajstić information content (AvgIpc) is 3.46. The zero-order valence-corrected chi connectivity index (χ0v) is 14.2. The number of nitrogens with zero attached hydrogens (tertiary/aromatic N) is 7. The van der Waals surface area contributed by atoms with Crippen molar-refractivity contribution in [3.63, 3.8) is 0 Å². The highest BCUT2D eigenvalue weighted by Crippen LogP contribution is 2.27. The van der Waals surface area contributed by atoms with Gasteiger partial charge >= 0.3 is 0 Å². The molecule has 0 fully saturated rings. The quantitative estimate of drug-likeness (QED) is 0.464. The van der Waals surface area contributed by atoms with Crippen LogP contribution < -0.4 is 0 Å². The molecule has 134 valence electrons. The van der Waals surface area contributed by atoms with Crippen molar-refractivity contribution in [2.75, 3.05) is 0 Å². The van der Waals surface area contributed by atoms with E-state index in [1.165, 1.54) is 12.1 Å². The molecule has 4 aromatic heterocycles. The van der Waals surface area contributed by atoms with E-state index in [0.717, 1.165) is 16.6 Å². The van der Waals surface area contributed by atoms with Crippen LogP contribution in [0.15, 0.2) is 65.6 Å². The second-order valence-corrected chi connectivity index (χ2v) is 6.25. The highest BCUT2D eigenvalue weighted by atomic mass is 19.1. The molecule has 28 heavy (non-hydrogen) atoms. The number of hydrogen-bond donors (Lipinski definition) is 0. The van der Waals surface area contributed by atoms with Crippen molar-refractivity contribution in [1.82, 2.24) is 34.1 Å². The summed E-state index contributed by atoms with van der Waals surface area (Å²) in [5, 5.41) is 13.5. The van der Waals surface area contributed by atoms with Crippen molar-refractivity contribution >= 4 is 22.2 Å². The topological polar surface area (TPSA) is 86.4 Å². The number of imidazole rings is 1. The summed E-state index contributed by atoms with van der Waals surface area (Å²) in [6, 6.07) is 13.8. The van der Waals surface area contributed by atoms with E-state index in [2.05, 4.69) is 25.3 Å². The molecule has 0 saturated heterocycles. The van der Waals surface area contributed by atoms with Crippen LogP contribution in [0.1, 0.15) is 0 Å². The van der Waals surface area contributed by atoms with Crippen LogP contribution >= 0.6 is 0 Å². The molecule has 0 N–H and O–H groups in total. The molecule has 6 aromatic rings. The maximum atomic E-state index is 13.2. The van der Waals surface area contributed by atoms with Crippen LogP contribution in [0.25, 0.3) is 45.3 Å². The first-order valence-electron chi connectivity index (χ1n) is 8.47. The van der Waals surface area contributed by atoms with E-state index in [9.17, 15) is 4.39 Å². The number of hydrogen-bond acceptors (Lipinski definition) is 6. The number of para-hydroxylation sites is 1. The lowest BCUT2D eigenvalue weighted by Crippen LogP contribution is -1.98. The third kappa shape index (κ3) is 2.01. The Labute approximate surface area is 155 Å². The van der Waals surface area contributed by atoms with E-state index in [1.54, 1.807) is 24.7 Å². The van der Waals surface area contributed by atoms with Crippen LogP contribution in [-0.2, 0) is 0 Å². The number of rotatable bonds is 2. The maximum absolute atomic E-state index is 13.2. The summed E-state index contributed by atoms with van der Waals surface area (Å²) in [5.74, 6) is 0.639. The molecule has 4 heterocycles. The lowest BCUT2D eigenvalue weighted by Gasteiger charge is -2.05. The molecule has 0 aliphatic carbocycles. The Kier molecular flexibility index (Phi) is 2.90. The van der Waals surface area contributed by atoms with Gasteiger partial charge in [0.1, 0.15) is 17.8 Å². The molecule has 0 unspecified atom stereocenters. The first-order valence-corrected chi connectivity index (χ1v) is 8.47. The molecule has 0 amide bonds. The third-order valence-corrected chi connectivity index (χ3v) is 4.64. The predicted octanol–water partition coefficient (Wildman–Crippen LogP) is 3.39. The summed E-state index contributed by atoms with van der Waals surface area (Å²) >= 11 is 0. The van der Waals surface area contributed by atoms with Crippen molar-refractivity contribution in [2.45, 2.75) is 0 Å². The Balaban J connectivity index is 1.61. The zero-order valence-electron chi connectivity index (χ0n) is 14.2. The van der Waals surface area contributed by atoms with E-state index in [0.29, 0.717) is 22.9 Å². The second-order valence-electron chi connectivity index (χ2n) is 6.25. The Hall–Kier alpha value is -4.14. The second kappa shape index (κ2) is 5.43. The molecular formula is C19H10FN7O. The lowest BCUT2D eigenvalue weighted by molar-refractivity contribution is 0.429. The Morgan fingerprint density at radius 2 is 1.82 bits per heavy atom. The fraction of sp³-hybridized carbons (Fsp3) is 0. The standard InChI is InChI=1S/C19H10FN7O/c20-12-7-5-11(6-8-12)16-22-19(28-25-16)18-24-23-17-13-3-1-2-4-14(13)26-10-21-9-15(26)27(17)18/h1-10H. The van der Waals surface area contributed by atoms with Crippen LogP contribution in [0.5, 0.6) is 0 Å². The van der Waals surface area contributed by atoms with E-state index in [4.69, 9.17) is 4.52 Å². The third-order valence-electron chi connectivity index (χ3n) is 4.64. The normalized spacial score (nSPS) is 11.8. The van der Waals surface area contributed by atoms with Gasteiger partial charge in [-0.1, -0.05) is 17.3 Å². The minimum Gasteiger partial charge on any atom is -0.330 e. The Morgan fingerprint density at radius 3 is 2.71 bits per heavy atom. The molecule has 8 nitrogen and oxygen atoms in total. The molecule has 0 spiro atoms. The van der Waals surface area contributed by atoms with Gasteiger partial charge in [-0.25, -0.2) is 9.37 Å². The fourth-order valence-corrected chi connectivity index (χ4v) is 3.36. The number of halogens is 1. The summed E-state index contributed by atoms with van der Waals surface area (Å²) in [4.78, 5) is 8.68. The zero-order chi connectivity index (χ0) is 18.7. The molecule has 6 rings (SSSR count). The van der Waals surface area contributed by atoms with Gasteiger partial charge in [0.15, 0.2) is 5.65 Å². The van der Waals surface area contributed by atoms with E-state index in [1.807, 2.05) is 33.1 Å². The number of benzene rings is 2. The highest BCUT2D eigenvalue weighted by molar-refractivity contribution is 5.94. The van der Waals surface area contributed by atoms with Crippen molar-refractivity contribution < 1.29 is 8.91 Å². The number of aromatic nitrogens is 7. The van der Waals surface area contributed by atoms with Crippen LogP contribution in [-0.4, -0.2) is 34.1 Å². The summed E-state index contributed by atoms with van der Waals surface area (Å²) in [5.41, 5.74) is 3.06. The highest BCUT2D eigenvalue weighted by Gasteiger charge is 2.20. The van der Waals surface area contributed by atoms with Gasteiger partial charge < -0.3 is 4.52 Å². The summed E-state index contributed by atoms with van der Waals surface area (Å²) < 4.78 is 22.4. The first kappa shape index (κ1) is 15.0. The molecule has 0 aliphatic rings. The maximum Gasteiger partial charge on any atom is 0.296 e. The molecule has 0 radical (unpaired) electrons. The summed E-state index contributed by atoms with van der Waals surface area (Å²) in [6.45, 7) is 0. The summed E-state index contributed by atoms with van der Waals surface area (Å²) in [7, 11) is 0. The smallest absolute Gasteiger partial charge is 0.296 e. The van der Waals surface area contributed by atoms with Gasteiger partial charge in [-0.3, -0.25) is 8.80 Å². The number of fused-ring (bicyclic) bond motifs is 6. The van der Waals surface area contributed by atoms with Crippen molar-refractivity contribution in [1.29, 1.82) is 0 Å². The van der Waals surface area contributed by atoms with E-state index < -0.39 is 0 Å². The van der Waals surface area contributed by atoms with E-state index >= 15 is 0 Å². The molecule has 0 saturated carbocycles. The largest absolute Gasteiger partial charge is 0.330 e. The SMILES string of the molecule is Fc1ccc(-c2noc(-c3nnc4c5ccccc5n5cncc5n34)n2)cc1.